The largest absolute Gasteiger partial charge is 0.313 e. The monoisotopic (exact) mass is 301 g/mol. The molecule has 0 amide bonds. The fraction of sp³-hybridized carbons (Fsp3) is 0.571. The van der Waals surface area contributed by atoms with E-state index in [2.05, 4.69) is 28.2 Å². The summed E-state index contributed by atoms with van der Waals surface area (Å²) in [5.74, 6) is -0.133. The van der Waals surface area contributed by atoms with Crippen LogP contribution in [0, 0.1) is 5.82 Å². The molecule has 0 aliphatic rings. The van der Waals surface area contributed by atoms with E-state index in [0.29, 0.717) is 6.54 Å². The fourth-order valence-corrected chi connectivity index (χ4v) is 2.16. The fourth-order valence-electron chi connectivity index (χ4n) is 1.76. The van der Waals surface area contributed by atoms with Crippen LogP contribution in [-0.2, 0) is 6.54 Å². The molecule has 0 saturated heterocycles. The summed E-state index contributed by atoms with van der Waals surface area (Å²) in [4.78, 5) is 0. The smallest absolute Gasteiger partial charge is 0.127 e. The third-order valence-corrected chi connectivity index (χ3v) is 3.27. The van der Waals surface area contributed by atoms with Gasteiger partial charge in [-0.25, -0.2) is 4.39 Å². The van der Waals surface area contributed by atoms with E-state index in [9.17, 15) is 4.39 Å². The number of benzene rings is 1. The minimum Gasteiger partial charge on any atom is -0.313 e. The van der Waals surface area contributed by atoms with Crippen LogP contribution in [0.1, 0.15) is 44.6 Å². The molecule has 0 unspecified atom stereocenters. The first-order chi connectivity index (χ1) is 8.24. The molecule has 17 heavy (non-hydrogen) atoms. The summed E-state index contributed by atoms with van der Waals surface area (Å²) in [6.07, 6.45) is 6.35. The SMILES string of the molecule is CCCCCCCNCc1cc(Br)ccc1F. The van der Waals surface area contributed by atoms with Crippen LogP contribution in [0.4, 0.5) is 4.39 Å². The van der Waals surface area contributed by atoms with E-state index < -0.39 is 0 Å². The maximum Gasteiger partial charge on any atom is 0.127 e. The van der Waals surface area contributed by atoms with Crippen molar-refractivity contribution in [3.8, 4) is 0 Å². The first-order valence-electron chi connectivity index (χ1n) is 6.38. The molecule has 0 radical (unpaired) electrons. The zero-order valence-electron chi connectivity index (χ0n) is 10.4. The number of nitrogens with one attached hydrogen (secondary N) is 1. The van der Waals surface area contributed by atoms with E-state index in [-0.39, 0.29) is 5.82 Å². The van der Waals surface area contributed by atoms with Crippen LogP contribution in [0.5, 0.6) is 0 Å². The van der Waals surface area contributed by atoms with Crippen LogP contribution < -0.4 is 5.32 Å². The second-order valence-electron chi connectivity index (χ2n) is 4.33. The first kappa shape index (κ1) is 14.7. The lowest BCUT2D eigenvalue weighted by atomic mass is 10.1. The highest BCUT2D eigenvalue weighted by molar-refractivity contribution is 9.10. The topological polar surface area (TPSA) is 12.0 Å². The normalized spacial score (nSPS) is 10.8. The summed E-state index contributed by atoms with van der Waals surface area (Å²) in [5.41, 5.74) is 0.730. The predicted octanol–water partition coefficient (Wildman–Crippen LogP) is 4.65. The summed E-state index contributed by atoms with van der Waals surface area (Å²) in [7, 11) is 0. The van der Waals surface area contributed by atoms with E-state index in [0.717, 1.165) is 16.6 Å². The van der Waals surface area contributed by atoms with Gasteiger partial charge >= 0.3 is 0 Å². The summed E-state index contributed by atoms with van der Waals surface area (Å²) >= 11 is 3.35. The van der Waals surface area contributed by atoms with Gasteiger partial charge in [0.05, 0.1) is 0 Å². The summed E-state index contributed by atoms with van der Waals surface area (Å²) in [6.45, 7) is 3.79. The second-order valence-corrected chi connectivity index (χ2v) is 5.24. The minimum absolute atomic E-state index is 0.133. The zero-order chi connectivity index (χ0) is 12.5. The van der Waals surface area contributed by atoms with Gasteiger partial charge in [-0.3, -0.25) is 0 Å². The van der Waals surface area contributed by atoms with Gasteiger partial charge in [-0.05, 0) is 31.2 Å². The van der Waals surface area contributed by atoms with E-state index >= 15 is 0 Å². The molecule has 1 rings (SSSR count). The van der Waals surface area contributed by atoms with Gasteiger partial charge in [-0.15, -0.1) is 0 Å². The van der Waals surface area contributed by atoms with Gasteiger partial charge in [-0.1, -0.05) is 48.5 Å². The molecule has 0 spiro atoms. The lowest BCUT2D eigenvalue weighted by Gasteiger charge is -2.06. The van der Waals surface area contributed by atoms with Gasteiger partial charge < -0.3 is 5.32 Å². The van der Waals surface area contributed by atoms with Crippen LogP contribution in [-0.4, -0.2) is 6.54 Å². The van der Waals surface area contributed by atoms with Crippen molar-refractivity contribution < 1.29 is 4.39 Å². The Morgan fingerprint density at radius 3 is 2.71 bits per heavy atom. The molecule has 0 fully saturated rings. The molecule has 0 saturated carbocycles. The van der Waals surface area contributed by atoms with Crippen molar-refractivity contribution in [3.63, 3.8) is 0 Å². The van der Waals surface area contributed by atoms with Gasteiger partial charge in [-0.2, -0.15) is 0 Å². The Labute approximate surface area is 112 Å². The van der Waals surface area contributed by atoms with E-state index in [1.807, 2.05) is 6.07 Å². The van der Waals surface area contributed by atoms with Gasteiger partial charge in [0.1, 0.15) is 5.82 Å². The minimum atomic E-state index is -0.133. The number of hydrogen-bond acceptors (Lipinski definition) is 1. The van der Waals surface area contributed by atoms with Crippen molar-refractivity contribution in [3.05, 3.63) is 34.1 Å². The number of hydrogen-bond donors (Lipinski definition) is 1. The van der Waals surface area contributed by atoms with Crippen LogP contribution in [0.3, 0.4) is 0 Å². The summed E-state index contributed by atoms with van der Waals surface area (Å²) in [5, 5.41) is 3.29. The van der Waals surface area contributed by atoms with Crippen molar-refractivity contribution in [2.45, 2.75) is 45.6 Å². The van der Waals surface area contributed by atoms with Crippen molar-refractivity contribution >= 4 is 15.9 Å². The Bertz CT molecular complexity index is 328. The Morgan fingerprint density at radius 1 is 1.18 bits per heavy atom. The highest BCUT2D eigenvalue weighted by atomic mass is 79.9. The Kier molecular flexibility index (Phi) is 7.45. The van der Waals surface area contributed by atoms with E-state index in [1.165, 1.54) is 38.2 Å². The summed E-state index contributed by atoms with van der Waals surface area (Å²) in [6, 6.07) is 5.06. The highest BCUT2D eigenvalue weighted by Gasteiger charge is 2.01. The molecule has 0 atom stereocenters. The molecule has 0 heterocycles. The molecule has 0 aliphatic carbocycles. The molecular weight excluding hydrogens is 281 g/mol. The lowest BCUT2D eigenvalue weighted by Crippen LogP contribution is -2.15. The maximum atomic E-state index is 13.4. The maximum absolute atomic E-state index is 13.4. The van der Waals surface area contributed by atoms with Gasteiger partial charge in [0.2, 0.25) is 0 Å². The molecule has 1 nitrogen and oxygen atoms in total. The third-order valence-electron chi connectivity index (χ3n) is 2.78. The Hall–Kier alpha value is -0.410. The molecule has 3 heteroatoms. The van der Waals surface area contributed by atoms with Gasteiger partial charge in [0.25, 0.3) is 0 Å². The Morgan fingerprint density at radius 2 is 1.94 bits per heavy atom. The third kappa shape index (κ3) is 6.18. The van der Waals surface area contributed by atoms with Gasteiger partial charge in [0.15, 0.2) is 0 Å². The standard InChI is InChI=1S/C14H21BrFN/c1-2-3-4-5-6-9-17-11-12-10-13(15)7-8-14(12)16/h7-8,10,17H,2-6,9,11H2,1H3. The molecule has 96 valence electrons. The number of rotatable bonds is 8. The highest BCUT2D eigenvalue weighted by Crippen LogP contribution is 2.15. The van der Waals surface area contributed by atoms with Crippen LogP contribution in [0.15, 0.2) is 22.7 Å². The molecule has 0 aromatic heterocycles. The quantitative estimate of drug-likeness (QED) is 0.689. The average molecular weight is 302 g/mol. The molecule has 0 aliphatic heterocycles. The first-order valence-corrected chi connectivity index (χ1v) is 7.18. The molecule has 1 N–H and O–H groups in total. The van der Waals surface area contributed by atoms with E-state index in [4.69, 9.17) is 0 Å². The van der Waals surface area contributed by atoms with Gasteiger partial charge in [0, 0.05) is 16.6 Å². The molecular formula is C14H21BrFN. The van der Waals surface area contributed by atoms with Crippen molar-refractivity contribution in [2.24, 2.45) is 0 Å². The van der Waals surface area contributed by atoms with Crippen LogP contribution in [0.2, 0.25) is 0 Å². The second kappa shape index (κ2) is 8.65. The van der Waals surface area contributed by atoms with Crippen LogP contribution >= 0.6 is 15.9 Å². The zero-order valence-corrected chi connectivity index (χ0v) is 12.0. The average Bonchev–Trinajstić information content (AvgIpc) is 2.32. The van der Waals surface area contributed by atoms with Crippen LogP contribution in [0.25, 0.3) is 0 Å². The number of unbranched alkanes of at least 4 members (excludes halogenated alkanes) is 4. The molecule has 1 aromatic rings. The van der Waals surface area contributed by atoms with E-state index in [1.54, 1.807) is 6.07 Å². The molecule has 0 bridgehead atoms. The Balaban J connectivity index is 2.15. The van der Waals surface area contributed by atoms with Crippen molar-refractivity contribution in [2.75, 3.05) is 6.54 Å². The van der Waals surface area contributed by atoms with Crippen molar-refractivity contribution in [1.82, 2.24) is 5.32 Å². The molecule has 1 aromatic carbocycles. The lowest BCUT2D eigenvalue weighted by molar-refractivity contribution is 0.561. The predicted molar refractivity (Wildman–Crippen MR) is 74.6 cm³/mol. The summed E-state index contributed by atoms with van der Waals surface area (Å²) < 4.78 is 14.3. The number of halogens is 2. The van der Waals surface area contributed by atoms with Crippen molar-refractivity contribution in [1.29, 1.82) is 0 Å².